The zero-order valence-electron chi connectivity index (χ0n) is 22.3. The molecule has 0 amide bonds. The first kappa shape index (κ1) is 30.4. The van der Waals surface area contributed by atoms with Gasteiger partial charge in [-0.3, -0.25) is 9.59 Å². The Morgan fingerprint density at radius 2 is 1.83 bits per heavy atom. The second-order valence-corrected chi connectivity index (χ2v) is 12.6. The highest BCUT2D eigenvalue weighted by Gasteiger charge is 2.41. The van der Waals surface area contributed by atoms with E-state index in [1.165, 1.54) is 16.4 Å². The largest absolute Gasteiger partial charge is 0.504 e. The number of piperidine rings is 1. The molecule has 4 N–H and O–H groups in total. The van der Waals surface area contributed by atoms with E-state index in [1.54, 1.807) is 6.92 Å². The van der Waals surface area contributed by atoms with Crippen molar-refractivity contribution in [2.24, 2.45) is 0 Å². The Labute approximate surface area is 243 Å². The zero-order chi connectivity index (χ0) is 30.4. The molecule has 1 atom stereocenters. The maximum atomic E-state index is 13.6. The van der Waals surface area contributed by atoms with Gasteiger partial charge in [0.1, 0.15) is 22.0 Å². The summed E-state index contributed by atoms with van der Waals surface area (Å²) in [6, 6.07) is 3.45. The molecule has 2 aromatic carbocycles. The van der Waals surface area contributed by atoms with Gasteiger partial charge >= 0.3 is 6.18 Å². The van der Waals surface area contributed by atoms with Gasteiger partial charge in [-0.05, 0) is 43.5 Å². The standard InChI is InChI=1S/C26H28ClF3N4O7S/c1-2-15(17-5-6-18(41-17)26(28,29)30)32-19-20(23(37)22(19)36)33-16-4-3-14(27)24(21(16)35)42(38,39)34-10-7-25(8-11-34)13-40-12-9-31-25/h3-6,15,31-33,35H,2,7-13H2,1H3/t15-/m1/s1. The number of hydrogen-bond acceptors (Lipinski definition) is 10. The number of benzene rings is 1. The number of aromatic hydroxyl groups is 1. The summed E-state index contributed by atoms with van der Waals surface area (Å²) in [5.74, 6) is -2.08. The van der Waals surface area contributed by atoms with Gasteiger partial charge in [0.05, 0.1) is 30.0 Å². The topological polar surface area (TPSA) is 150 Å². The van der Waals surface area contributed by atoms with Crippen molar-refractivity contribution in [3.8, 4) is 5.75 Å². The second kappa shape index (κ2) is 11.2. The van der Waals surface area contributed by atoms with Crippen LogP contribution in [-0.4, -0.2) is 56.2 Å². The molecule has 0 unspecified atom stereocenters. The lowest BCUT2D eigenvalue weighted by Gasteiger charge is -2.44. The van der Waals surface area contributed by atoms with Crippen molar-refractivity contribution in [2.75, 3.05) is 43.5 Å². The molecular weight excluding hydrogens is 605 g/mol. The third-order valence-electron chi connectivity index (χ3n) is 7.63. The molecular formula is C26H28ClF3N4O7S. The van der Waals surface area contributed by atoms with Gasteiger partial charge in [-0.1, -0.05) is 18.5 Å². The minimum Gasteiger partial charge on any atom is -0.504 e. The quantitative estimate of drug-likeness (QED) is 0.214. The smallest absolute Gasteiger partial charge is 0.449 e. The number of ether oxygens (including phenoxy) is 1. The van der Waals surface area contributed by atoms with Crippen molar-refractivity contribution >= 4 is 38.7 Å². The summed E-state index contributed by atoms with van der Waals surface area (Å²) in [5.41, 5.74) is -3.00. The molecule has 0 aliphatic carbocycles. The maximum Gasteiger partial charge on any atom is 0.449 e. The number of nitrogens with zero attached hydrogens (tertiary/aromatic N) is 1. The Balaban J connectivity index is 1.38. The fourth-order valence-electron chi connectivity index (χ4n) is 5.23. The highest BCUT2D eigenvalue weighted by molar-refractivity contribution is 7.89. The van der Waals surface area contributed by atoms with E-state index in [9.17, 15) is 36.3 Å². The molecule has 0 bridgehead atoms. The first-order chi connectivity index (χ1) is 19.8. The Morgan fingerprint density at radius 3 is 2.43 bits per heavy atom. The van der Waals surface area contributed by atoms with Crippen LogP contribution in [0.25, 0.3) is 0 Å². The molecule has 0 saturated carbocycles. The van der Waals surface area contributed by atoms with Crippen molar-refractivity contribution in [2.45, 2.75) is 48.8 Å². The summed E-state index contributed by atoms with van der Waals surface area (Å²) < 4.78 is 77.8. The zero-order valence-corrected chi connectivity index (χ0v) is 23.9. The fraction of sp³-hybridized carbons (Fsp3) is 0.462. The Hall–Kier alpha value is -3.11. The lowest BCUT2D eigenvalue weighted by Crippen LogP contribution is -2.60. The Bertz CT molecular complexity index is 1650. The molecule has 3 heterocycles. The lowest BCUT2D eigenvalue weighted by atomic mass is 9.88. The third kappa shape index (κ3) is 5.51. The number of furan rings is 1. The predicted molar refractivity (Wildman–Crippen MR) is 148 cm³/mol. The van der Waals surface area contributed by atoms with Crippen LogP contribution in [-0.2, 0) is 20.9 Å². The van der Waals surface area contributed by atoms with Gasteiger partial charge in [0.15, 0.2) is 5.75 Å². The minimum absolute atomic E-state index is 0.107. The van der Waals surface area contributed by atoms with Crippen molar-refractivity contribution in [3.05, 3.63) is 61.3 Å². The van der Waals surface area contributed by atoms with Gasteiger partial charge in [0, 0.05) is 25.2 Å². The molecule has 1 aromatic heterocycles. The van der Waals surface area contributed by atoms with E-state index in [1.807, 2.05) is 0 Å². The van der Waals surface area contributed by atoms with E-state index in [2.05, 4.69) is 16.0 Å². The monoisotopic (exact) mass is 632 g/mol. The SMILES string of the molecule is CC[C@@H](Nc1c(Nc2ccc(Cl)c(S(=O)(=O)N3CCC4(CC3)COCCN4)c2O)c(=O)c1=O)c1ccc(C(F)(F)F)o1. The Kier molecular flexibility index (Phi) is 8.08. The summed E-state index contributed by atoms with van der Waals surface area (Å²) in [7, 11) is -4.28. The van der Waals surface area contributed by atoms with Crippen LogP contribution in [0.1, 0.15) is 43.7 Å². The summed E-state index contributed by atoms with van der Waals surface area (Å²) in [4.78, 5) is 24.3. The summed E-state index contributed by atoms with van der Waals surface area (Å²) in [6.45, 7) is 3.64. The molecule has 3 aromatic rings. The van der Waals surface area contributed by atoms with Crippen molar-refractivity contribution in [1.82, 2.24) is 9.62 Å². The highest BCUT2D eigenvalue weighted by Crippen LogP contribution is 2.42. The lowest BCUT2D eigenvalue weighted by molar-refractivity contribution is -0.153. The number of nitrogens with one attached hydrogen (secondary N) is 3. The van der Waals surface area contributed by atoms with Crippen LogP contribution in [0, 0.1) is 0 Å². The molecule has 5 rings (SSSR count). The summed E-state index contributed by atoms with van der Waals surface area (Å²) in [5, 5.41) is 19.5. The van der Waals surface area contributed by atoms with Crippen LogP contribution >= 0.6 is 11.6 Å². The van der Waals surface area contributed by atoms with E-state index >= 15 is 0 Å². The summed E-state index contributed by atoms with van der Waals surface area (Å²) in [6.07, 6.45) is -3.54. The van der Waals surface area contributed by atoms with Crippen molar-refractivity contribution in [3.63, 3.8) is 0 Å². The molecule has 16 heteroatoms. The molecule has 2 fully saturated rings. The van der Waals surface area contributed by atoms with Gasteiger partial charge in [-0.15, -0.1) is 0 Å². The number of alkyl halides is 3. The van der Waals surface area contributed by atoms with Crippen molar-refractivity contribution in [1.29, 1.82) is 0 Å². The third-order valence-corrected chi connectivity index (χ3v) is 10.0. The highest BCUT2D eigenvalue weighted by atomic mass is 35.5. The molecule has 11 nitrogen and oxygen atoms in total. The number of halogens is 4. The van der Waals surface area contributed by atoms with Crippen LogP contribution in [0.15, 0.2) is 43.2 Å². The number of anilines is 3. The molecule has 0 radical (unpaired) electrons. The fourth-order valence-corrected chi connectivity index (χ4v) is 7.26. The molecule has 2 aliphatic heterocycles. The van der Waals surface area contributed by atoms with E-state index in [0.717, 1.165) is 12.1 Å². The van der Waals surface area contributed by atoms with Crippen LogP contribution in [0.4, 0.5) is 30.2 Å². The number of morpholine rings is 1. The van der Waals surface area contributed by atoms with Crippen molar-refractivity contribution < 1.29 is 35.8 Å². The van der Waals surface area contributed by atoms with Crippen LogP contribution in [0.2, 0.25) is 5.02 Å². The van der Waals surface area contributed by atoms with E-state index in [-0.39, 0.29) is 52.9 Å². The second-order valence-electron chi connectivity index (χ2n) is 10.3. The van der Waals surface area contributed by atoms with Gasteiger partial charge in [0.25, 0.3) is 10.9 Å². The number of hydrogen-bond donors (Lipinski definition) is 4. The molecule has 42 heavy (non-hydrogen) atoms. The van der Waals surface area contributed by atoms with E-state index in [0.29, 0.717) is 32.6 Å². The van der Waals surface area contributed by atoms with Gasteiger partial charge in [0.2, 0.25) is 15.8 Å². The predicted octanol–water partition coefficient (Wildman–Crippen LogP) is 3.70. The van der Waals surface area contributed by atoms with Gasteiger partial charge in [-0.2, -0.15) is 17.5 Å². The minimum atomic E-state index is -4.70. The first-order valence-electron chi connectivity index (χ1n) is 13.2. The van der Waals surface area contributed by atoms with Gasteiger partial charge in [-0.25, -0.2) is 8.42 Å². The average Bonchev–Trinajstić information content (AvgIpc) is 3.45. The molecule has 1 spiro atoms. The van der Waals surface area contributed by atoms with E-state index in [4.69, 9.17) is 20.8 Å². The number of rotatable bonds is 8. The number of phenols is 1. The normalized spacial score (nSPS) is 18.8. The van der Waals surface area contributed by atoms with E-state index < -0.39 is 49.5 Å². The molecule has 228 valence electrons. The van der Waals surface area contributed by atoms with Crippen LogP contribution in [0.3, 0.4) is 0 Å². The number of sulfonamides is 1. The number of phenolic OH excluding ortho intramolecular Hbond substituents is 1. The maximum absolute atomic E-state index is 13.6. The van der Waals surface area contributed by atoms with Crippen LogP contribution < -0.4 is 26.8 Å². The van der Waals surface area contributed by atoms with Crippen LogP contribution in [0.5, 0.6) is 5.75 Å². The average molecular weight is 633 g/mol. The Morgan fingerprint density at radius 1 is 1.14 bits per heavy atom. The van der Waals surface area contributed by atoms with Gasteiger partial charge < -0.3 is 30.2 Å². The molecule has 2 saturated heterocycles. The summed E-state index contributed by atoms with van der Waals surface area (Å²) >= 11 is 6.24. The molecule has 2 aliphatic rings. The first-order valence-corrected chi connectivity index (χ1v) is 15.0.